The summed E-state index contributed by atoms with van der Waals surface area (Å²) < 4.78 is 0.752. The second-order valence-corrected chi connectivity index (χ2v) is 17.7. The molecule has 0 radical (unpaired) electrons. The lowest BCUT2D eigenvalue weighted by atomic mass is 10.00. The van der Waals surface area contributed by atoms with Crippen LogP contribution in [0.25, 0.3) is 0 Å². The van der Waals surface area contributed by atoms with E-state index in [2.05, 4.69) is 47.8 Å². The summed E-state index contributed by atoms with van der Waals surface area (Å²) in [6.07, 6.45) is -4.69. The number of carbonyl (C=O) groups excluding carboxylic acids is 6. The van der Waals surface area contributed by atoms with E-state index in [1.165, 1.54) is 35.6 Å². The van der Waals surface area contributed by atoms with E-state index in [-0.39, 0.29) is 37.8 Å². The molecule has 3 heterocycles. The molecular weight excluding hydrogens is 933 g/mol. The van der Waals surface area contributed by atoms with E-state index >= 15 is 0 Å². The predicted octanol–water partition coefficient (Wildman–Crippen LogP) is 2.60. The molecule has 7 rings (SSSR count). The Labute approximate surface area is 392 Å². The Morgan fingerprint density at radius 1 is 0.636 bits per heavy atom. The Morgan fingerprint density at radius 3 is 1.83 bits per heavy atom. The Morgan fingerprint density at radius 2 is 1.21 bits per heavy atom. The minimum atomic E-state index is -2.32. The van der Waals surface area contributed by atoms with Crippen molar-refractivity contribution < 1.29 is 48.9 Å². The van der Waals surface area contributed by atoms with Crippen molar-refractivity contribution in [2.45, 2.75) is 80.9 Å². The minimum Gasteiger partial charge on any atom is -0.480 e. The number of carboxylic acids is 1. The molecule has 0 spiro atoms. The van der Waals surface area contributed by atoms with Gasteiger partial charge in [-0.2, -0.15) is 0 Å². The molecule has 2 aliphatic heterocycles. The number of hydrogen-bond donors (Lipinski definition) is 9. The van der Waals surface area contributed by atoms with Gasteiger partial charge in [-0.1, -0.05) is 107 Å². The van der Waals surface area contributed by atoms with Gasteiger partial charge < -0.3 is 47.2 Å². The van der Waals surface area contributed by atoms with Gasteiger partial charge in [-0.15, -0.1) is 11.3 Å². The summed E-state index contributed by atoms with van der Waals surface area (Å²) in [5.74, 6) is -6.94. The normalized spacial score (nSPS) is 21.5. The molecule has 344 valence electrons. The number of benzene rings is 4. The third-order valence-electron chi connectivity index (χ3n) is 10.8. The second-order valence-electron chi connectivity index (χ2n) is 15.8. The van der Waals surface area contributed by atoms with Crippen LogP contribution in [0.4, 0.5) is 5.69 Å². The van der Waals surface area contributed by atoms with Crippen LogP contribution in [0.3, 0.4) is 0 Å². The third-order valence-corrected chi connectivity index (χ3v) is 12.3. The van der Waals surface area contributed by atoms with Crippen LogP contribution in [-0.2, 0) is 65.7 Å². The van der Waals surface area contributed by atoms with E-state index in [4.69, 9.17) is 0 Å². The van der Waals surface area contributed by atoms with E-state index in [1.807, 2.05) is 30.3 Å². The molecule has 0 aliphatic carbocycles. The van der Waals surface area contributed by atoms with E-state index in [9.17, 15) is 48.9 Å². The summed E-state index contributed by atoms with van der Waals surface area (Å²) in [6.45, 7) is 0. The molecule has 2 bridgehead atoms. The molecule has 66 heavy (non-hydrogen) atoms. The number of aliphatic hydroxyl groups excluding tert-OH is 2. The Hall–Kier alpha value is -6.73. The largest absolute Gasteiger partial charge is 0.480 e. The van der Waals surface area contributed by atoms with Crippen molar-refractivity contribution in [3.8, 4) is 0 Å². The van der Waals surface area contributed by atoms with Gasteiger partial charge in [-0.3, -0.25) is 28.8 Å². The van der Waals surface area contributed by atoms with Crippen LogP contribution in [0.5, 0.6) is 0 Å². The number of thiophene rings is 1. The molecule has 0 fully saturated rings. The predicted molar refractivity (Wildman–Crippen MR) is 249 cm³/mol. The molecule has 0 saturated carbocycles. The number of carboxylic acid groups (broad SMARTS) is 1. The summed E-state index contributed by atoms with van der Waals surface area (Å²) >= 11 is 4.69. The van der Waals surface area contributed by atoms with Crippen molar-refractivity contribution in [1.82, 2.24) is 26.6 Å². The number of nitrogens with one attached hydrogen (secondary N) is 6. The number of aliphatic hydroxyl groups is 2. The number of carbonyl (C=O) groups is 7. The molecule has 0 unspecified atom stereocenters. The number of aryl methyl sites for hydroxylation is 1. The first kappa shape index (κ1) is 48.7. The van der Waals surface area contributed by atoms with Crippen molar-refractivity contribution in [3.63, 3.8) is 0 Å². The Kier molecular flexibility index (Phi) is 17.3. The molecule has 18 heteroatoms. The average molecular weight is 982 g/mol. The number of fused-ring (bicyclic) bond motifs is 18. The standard InChI is InChI=1S/C48H49BrN6O10S/c49-32-18-13-30(14-19-32)24-36-43(59)51-35(22-17-28-8-3-1-4-9-28)42(58)52-37(44(60)55-39(48(64)65)26-29-10-5-2-6-11-29)25-31-15-20-33(21-16-31)50-46(62)40(56)41(57)47(63)54-38(45(61)53-36)27-34-12-7-23-66-34/h1-16,18-21,23,35-41,56-57H,17,22,24-27H2,(H,50,62)(H,51,59)(H,52,58)(H,53,61)(H,54,63)(H,55,60)(H,64,65)/t35-,36+,37+,38-,39-,40+,41+/m0/s1. The summed E-state index contributed by atoms with van der Waals surface area (Å²) in [7, 11) is 0. The molecule has 1 aromatic heterocycles. The van der Waals surface area contributed by atoms with Gasteiger partial charge in [0.1, 0.15) is 30.2 Å². The number of aliphatic carboxylic acids is 1. The lowest BCUT2D eigenvalue weighted by Crippen LogP contribution is -2.60. The molecular formula is C48H49BrN6O10S. The van der Waals surface area contributed by atoms with Crippen molar-refractivity contribution in [1.29, 1.82) is 0 Å². The number of amides is 6. The van der Waals surface area contributed by atoms with Gasteiger partial charge in [0.2, 0.25) is 23.6 Å². The quantitative estimate of drug-likeness (QED) is 0.0827. The molecule has 9 N–H and O–H groups in total. The smallest absolute Gasteiger partial charge is 0.326 e. The summed E-state index contributed by atoms with van der Waals surface area (Å²) in [6, 6.07) is 27.3. The monoisotopic (exact) mass is 980 g/mol. The van der Waals surface area contributed by atoms with Crippen LogP contribution >= 0.6 is 27.3 Å². The van der Waals surface area contributed by atoms with Gasteiger partial charge in [0.05, 0.1) is 0 Å². The van der Waals surface area contributed by atoms with Gasteiger partial charge in [0.25, 0.3) is 11.8 Å². The molecule has 4 aromatic carbocycles. The lowest BCUT2D eigenvalue weighted by molar-refractivity contribution is -0.144. The molecule has 16 nitrogen and oxygen atoms in total. The number of hydrogen-bond acceptors (Lipinski definition) is 10. The van der Waals surface area contributed by atoms with Gasteiger partial charge in [-0.05, 0) is 70.8 Å². The Bertz CT molecular complexity index is 2460. The van der Waals surface area contributed by atoms with Gasteiger partial charge in [0.15, 0.2) is 12.2 Å². The highest BCUT2D eigenvalue weighted by molar-refractivity contribution is 9.10. The van der Waals surface area contributed by atoms with Crippen LogP contribution in [0, 0.1) is 0 Å². The fourth-order valence-corrected chi connectivity index (χ4v) is 8.21. The maximum absolute atomic E-state index is 14.6. The average Bonchev–Trinajstić information content (AvgIpc) is 3.83. The lowest BCUT2D eigenvalue weighted by Gasteiger charge is -2.27. The molecule has 6 amide bonds. The van der Waals surface area contributed by atoms with E-state index < -0.39 is 83.8 Å². The fraction of sp³-hybridized carbons (Fsp3) is 0.271. The van der Waals surface area contributed by atoms with Crippen molar-refractivity contribution >= 4 is 74.4 Å². The summed E-state index contributed by atoms with van der Waals surface area (Å²) in [4.78, 5) is 97.2. The first-order valence-electron chi connectivity index (χ1n) is 21.1. The molecule has 2 aliphatic rings. The van der Waals surface area contributed by atoms with Crippen LogP contribution in [0.2, 0.25) is 0 Å². The second kappa shape index (κ2) is 23.5. The molecule has 7 atom stereocenters. The van der Waals surface area contributed by atoms with E-state index in [0.29, 0.717) is 28.0 Å². The highest BCUT2D eigenvalue weighted by atomic mass is 79.9. The maximum atomic E-state index is 14.6. The Balaban J connectivity index is 1.38. The first-order valence-corrected chi connectivity index (χ1v) is 22.7. The molecule has 0 saturated heterocycles. The highest BCUT2D eigenvalue weighted by Crippen LogP contribution is 2.17. The van der Waals surface area contributed by atoms with Crippen molar-refractivity contribution in [2.24, 2.45) is 0 Å². The number of rotatable bonds is 12. The van der Waals surface area contributed by atoms with Crippen LogP contribution in [-0.4, -0.2) is 99.1 Å². The first-order chi connectivity index (χ1) is 31.7. The maximum Gasteiger partial charge on any atom is 0.326 e. The van der Waals surface area contributed by atoms with Gasteiger partial charge in [0, 0.05) is 40.7 Å². The fourth-order valence-electron chi connectivity index (χ4n) is 7.20. The SMILES string of the molecule is O=C(O)[C@H](Cc1ccccc1)NC(=O)[C@H]1Cc2ccc(cc2)NC(=O)[C@H](O)[C@@H](O)C(=O)N[C@@H](Cc2cccs2)C(=O)N[C@H](Cc2ccc(Br)cc2)C(=O)N[C@@H](CCc2ccccc2)C(=O)N1. The number of anilines is 1. The van der Waals surface area contributed by atoms with Gasteiger partial charge >= 0.3 is 5.97 Å². The van der Waals surface area contributed by atoms with Crippen LogP contribution < -0.4 is 31.9 Å². The van der Waals surface area contributed by atoms with Crippen molar-refractivity contribution in [2.75, 3.05) is 5.32 Å². The third kappa shape index (κ3) is 14.1. The van der Waals surface area contributed by atoms with Crippen LogP contribution in [0.15, 0.2) is 131 Å². The van der Waals surface area contributed by atoms with Gasteiger partial charge in [-0.25, -0.2) is 4.79 Å². The zero-order valence-corrected chi connectivity index (χ0v) is 37.8. The van der Waals surface area contributed by atoms with E-state index in [1.54, 1.807) is 72.1 Å². The summed E-state index contributed by atoms with van der Waals surface area (Å²) in [5, 5.41) is 49.3. The van der Waals surface area contributed by atoms with E-state index in [0.717, 1.165) is 10.0 Å². The van der Waals surface area contributed by atoms with Crippen molar-refractivity contribution in [3.05, 3.63) is 158 Å². The number of halogens is 1. The topological polar surface area (TPSA) is 252 Å². The zero-order chi connectivity index (χ0) is 47.2. The minimum absolute atomic E-state index is 0.0340. The molecule has 5 aromatic rings. The zero-order valence-electron chi connectivity index (χ0n) is 35.4. The highest BCUT2D eigenvalue weighted by Gasteiger charge is 2.36. The van der Waals surface area contributed by atoms with Crippen LogP contribution in [0.1, 0.15) is 33.6 Å². The summed E-state index contributed by atoms with van der Waals surface area (Å²) in [5.41, 5.74) is 2.68.